The van der Waals surface area contributed by atoms with Gasteiger partial charge in [0.15, 0.2) is 0 Å². The van der Waals surface area contributed by atoms with Gasteiger partial charge in [-0.05, 0) is 43.3 Å². The van der Waals surface area contributed by atoms with Crippen LogP contribution >= 0.6 is 11.3 Å². The summed E-state index contributed by atoms with van der Waals surface area (Å²) in [7, 11) is 0. The maximum atomic E-state index is 11.6. The summed E-state index contributed by atoms with van der Waals surface area (Å²) in [5, 5.41) is 6.38. The summed E-state index contributed by atoms with van der Waals surface area (Å²) < 4.78 is 0. The van der Waals surface area contributed by atoms with E-state index in [1.807, 2.05) is 6.07 Å². The van der Waals surface area contributed by atoms with Crippen molar-refractivity contribution in [2.45, 2.75) is 26.2 Å². The molecule has 0 aromatic carbocycles. The van der Waals surface area contributed by atoms with Gasteiger partial charge in [-0.2, -0.15) is 5.10 Å². The number of likely N-dealkylation sites (tertiary alicyclic amines) is 1. The van der Waals surface area contributed by atoms with Gasteiger partial charge in [-0.25, -0.2) is 5.43 Å². The second-order valence-corrected chi connectivity index (χ2v) is 6.84. The number of thiophene rings is 1. The van der Waals surface area contributed by atoms with E-state index in [-0.39, 0.29) is 11.8 Å². The molecular weight excluding hydrogens is 270 g/mol. The topological polar surface area (TPSA) is 44.7 Å². The van der Waals surface area contributed by atoms with E-state index in [2.05, 4.69) is 33.8 Å². The Hall–Kier alpha value is -1.20. The minimum absolute atomic E-state index is 0.0423. The van der Waals surface area contributed by atoms with Gasteiger partial charge >= 0.3 is 0 Å². The van der Waals surface area contributed by atoms with E-state index in [1.165, 1.54) is 17.7 Å². The Kier molecular flexibility index (Phi) is 4.17. The van der Waals surface area contributed by atoms with E-state index >= 15 is 0 Å². The highest BCUT2D eigenvalue weighted by Gasteiger charge is 2.29. The fourth-order valence-electron chi connectivity index (χ4n) is 2.97. The summed E-state index contributed by atoms with van der Waals surface area (Å²) >= 11 is 1.70. The zero-order valence-electron chi connectivity index (χ0n) is 11.8. The van der Waals surface area contributed by atoms with E-state index < -0.39 is 0 Å². The van der Waals surface area contributed by atoms with Crippen LogP contribution in [0, 0.1) is 11.8 Å². The molecule has 0 saturated carbocycles. The number of rotatable bonds is 3. The molecule has 2 aliphatic heterocycles. The summed E-state index contributed by atoms with van der Waals surface area (Å²) in [5.41, 5.74) is 3.69. The first-order chi connectivity index (χ1) is 9.72. The van der Waals surface area contributed by atoms with Crippen LogP contribution in [0.1, 0.15) is 31.1 Å². The van der Waals surface area contributed by atoms with Crippen LogP contribution in [0.2, 0.25) is 0 Å². The van der Waals surface area contributed by atoms with Crippen LogP contribution in [-0.4, -0.2) is 36.2 Å². The molecule has 1 unspecified atom stereocenters. The van der Waals surface area contributed by atoms with Crippen molar-refractivity contribution in [1.29, 1.82) is 0 Å². The lowest BCUT2D eigenvalue weighted by molar-refractivity contribution is -0.122. The van der Waals surface area contributed by atoms with Crippen molar-refractivity contribution in [3.63, 3.8) is 0 Å². The van der Waals surface area contributed by atoms with Gasteiger partial charge in [-0.3, -0.25) is 4.79 Å². The van der Waals surface area contributed by atoms with Crippen molar-refractivity contribution in [2.24, 2.45) is 16.9 Å². The smallest absolute Gasteiger partial charge is 0.240 e. The fraction of sp³-hybridized carbons (Fsp3) is 0.600. The highest BCUT2D eigenvalue weighted by Crippen LogP contribution is 2.24. The molecule has 1 atom stereocenters. The van der Waals surface area contributed by atoms with Crippen molar-refractivity contribution >= 4 is 23.0 Å². The van der Waals surface area contributed by atoms with E-state index in [0.717, 1.165) is 31.3 Å². The van der Waals surface area contributed by atoms with Gasteiger partial charge in [-0.15, -0.1) is 11.3 Å². The van der Waals surface area contributed by atoms with Crippen molar-refractivity contribution in [3.05, 3.63) is 22.4 Å². The second-order valence-electron chi connectivity index (χ2n) is 5.89. The lowest BCUT2D eigenvalue weighted by Gasteiger charge is -2.34. The maximum Gasteiger partial charge on any atom is 0.240 e. The molecule has 4 nitrogen and oxygen atoms in total. The van der Waals surface area contributed by atoms with Crippen LogP contribution in [0.5, 0.6) is 0 Å². The number of hydrogen-bond donors (Lipinski definition) is 1. The summed E-state index contributed by atoms with van der Waals surface area (Å²) in [6.07, 6.45) is 3.09. The van der Waals surface area contributed by atoms with Crippen LogP contribution in [0.25, 0.3) is 0 Å². The molecular formula is C15H21N3OS. The normalized spacial score (nSPS) is 25.4. The van der Waals surface area contributed by atoms with Crippen molar-refractivity contribution in [1.82, 2.24) is 10.3 Å². The number of hydrogen-bond acceptors (Lipinski definition) is 4. The van der Waals surface area contributed by atoms with E-state index in [4.69, 9.17) is 0 Å². The van der Waals surface area contributed by atoms with E-state index in [0.29, 0.717) is 6.42 Å². The lowest BCUT2D eigenvalue weighted by atomic mass is 9.93. The average molecular weight is 291 g/mol. The number of amides is 1. The average Bonchev–Trinajstić information content (AvgIpc) is 2.95. The molecule has 0 spiro atoms. The molecule has 2 aliphatic rings. The van der Waals surface area contributed by atoms with Gasteiger partial charge in [0.25, 0.3) is 0 Å². The maximum absolute atomic E-state index is 11.6. The number of hydrazone groups is 1. The predicted molar refractivity (Wildman–Crippen MR) is 81.9 cm³/mol. The van der Waals surface area contributed by atoms with Crippen LogP contribution in [-0.2, 0) is 4.79 Å². The molecule has 5 heteroatoms. The first-order valence-electron chi connectivity index (χ1n) is 7.35. The number of piperidine rings is 1. The summed E-state index contributed by atoms with van der Waals surface area (Å²) in [6.45, 7) is 5.58. The van der Waals surface area contributed by atoms with Crippen LogP contribution < -0.4 is 5.43 Å². The minimum atomic E-state index is 0.0423. The fourth-order valence-corrected chi connectivity index (χ4v) is 3.76. The highest BCUT2D eigenvalue weighted by atomic mass is 32.1. The molecule has 1 saturated heterocycles. The highest BCUT2D eigenvalue weighted by molar-refractivity contribution is 7.12. The van der Waals surface area contributed by atoms with Crippen molar-refractivity contribution in [2.75, 3.05) is 19.6 Å². The Bertz CT molecular complexity index is 489. The molecule has 1 amide bonds. The monoisotopic (exact) mass is 291 g/mol. The van der Waals surface area contributed by atoms with Crippen LogP contribution in [0.4, 0.5) is 0 Å². The van der Waals surface area contributed by atoms with E-state index in [1.54, 1.807) is 11.3 Å². The molecule has 3 rings (SSSR count). The number of nitrogens with zero attached hydrogens (tertiary/aromatic N) is 2. The third-order valence-corrected chi connectivity index (χ3v) is 5.14. The number of carbonyl (C=O) groups is 1. The summed E-state index contributed by atoms with van der Waals surface area (Å²) in [5.74, 6) is 1.11. The SMILES string of the molecule is CC1CCN(CC2CC(=O)NN=C2c2cccs2)CC1. The first-order valence-corrected chi connectivity index (χ1v) is 8.23. The Morgan fingerprint density at radius 2 is 2.25 bits per heavy atom. The van der Waals surface area contributed by atoms with Gasteiger partial charge in [0.05, 0.1) is 10.6 Å². The standard InChI is InChI=1S/C15H21N3OS/c1-11-4-6-18(7-5-11)10-12-9-14(19)16-17-15(12)13-3-2-8-20-13/h2-3,8,11-12H,4-7,9-10H2,1H3,(H,16,19). The Balaban J connectivity index is 1.71. The quantitative estimate of drug-likeness (QED) is 0.929. The Morgan fingerprint density at radius 3 is 2.95 bits per heavy atom. The molecule has 0 bridgehead atoms. The third-order valence-electron chi connectivity index (χ3n) is 4.25. The minimum Gasteiger partial charge on any atom is -0.303 e. The second kappa shape index (κ2) is 6.06. The summed E-state index contributed by atoms with van der Waals surface area (Å²) in [4.78, 5) is 15.3. The van der Waals surface area contributed by atoms with Gasteiger partial charge < -0.3 is 4.90 Å². The van der Waals surface area contributed by atoms with Gasteiger partial charge in [-0.1, -0.05) is 13.0 Å². The zero-order valence-corrected chi connectivity index (χ0v) is 12.7. The molecule has 1 fully saturated rings. The molecule has 1 aromatic heterocycles. The molecule has 1 N–H and O–H groups in total. The summed E-state index contributed by atoms with van der Waals surface area (Å²) in [6, 6.07) is 4.13. The molecule has 0 aliphatic carbocycles. The zero-order chi connectivity index (χ0) is 13.9. The molecule has 20 heavy (non-hydrogen) atoms. The first kappa shape index (κ1) is 13.8. The van der Waals surface area contributed by atoms with E-state index in [9.17, 15) is 4.79 Å². The van der Waals surface area contributed by atoms with Crippen molar-refractivity contribution < 1.29 is 4.79 Å². The molecule has 108 valence electrons. The van der Waals surface area contributed by atoms with Crippen LogP contribution in [0.15, 0.2) is 22.6 Å². The Labute approximate surface area is 123 Å². The lowest BCUT2D eigenvalue weighted by Crippen LogP contribution is -2.42. The predicted octanol–water partition coefficient (Wildman–Crippen LogP) is 2.32. The van der Waals surface area contributed by atoms with Crippen molar-refractivity contribution in [3.8, 4) is 0 Å². The molecule has 1 aromatic rings. The van der Waals surface area contributed by atoms with Gasteiger partial charge in [0.2, 0.25) is 5.91 Å². The van der Waals surface area contributed by atoms with Gasteiger partial charge in [0.1, 0.15) is 0 Å². The van der Waals surface area contributed by atoms with Crippen LogP contribution in [0.3, 0.4) is 0 Å². The Morgan fingerprint density at radius 1 is 1.45 bits per heavy atom. The molecule has 3 heterocycles. The number of nitrogens with one attached hydrogen (secondary N) is 1. The molecule has 0 radical (unpaired) electrons. The number of carbonyl (C=O) groups excluding carboxylic acids is 1. The van der Waals surface area contributed by atoms with Gasteiger partial charge in [0, 0.05) is 18.9 Å². The third kappa shape index (κ3) is 3.10. The largest absolute Gasteiger partial charge is 0.303 e.